The van der Waals surface area contributed by atoms with Gasteiger partial charge in [0.15, 0.2) is 5.09 Å². The Hall–Kier alpha value is -2.75. The molecule has 0 unspecified atom stereocenters. The van der Waals surface area contributed by atoms with Crippen LogP contribution in [0.5, 0.6) is 0 Å². The Kier molecular flexibility index (Phi) is 6.17. The average molecular weight is 439 g/mol. The largest absolute Gasteiger partial charge is 0.449 e. The monoisotopic (exact) mass is 438 g/mol. The Morgan fingerprint density at radius 1 is 1.19 bits per heavy atom. The van der Waals surface area contributed by atoms with Gasteiger partial charge < -0.3 is 9.73 Å². The molecule has 2 aromatic carbocycles. The topological polar surface area (TPSA) is 66.0 Å². The number of nitrogens with zero attached hydrogens (tertiary/aromatic N) is 1. The van der Waals surface area contributed by atoms with Crippen molar-refractivity contribution in [1.82, 2.24) is 0 Å². The molecule has 0 aliphatic rings. The highest BCUT2D eigenvalue weighted by Crippen LogP contribution is 2.36. The minimum atomic E-state index is -0.479. The number of amides is 1. The number of carbonyl (C=O) groups excluding carboxylic acids is 1. The summed E-state index contributed by atoms with van der Waals surface area (Å²) >= 11 is 4.91. The van der Waals surface area contributed by atoms with Crippen molar-refractivity contribution in [2.75, 3.05) is 5.32 Å². The van der Waals surface area contributed by atoms with Crippen molar-refractivity contribution >= 4 is 45.4 Å². The Morgan fingerprint density at radius 3 is 2.67 bits per heavy atom. The molecule has 1 N–H and O–H groups in total. The molecule has 3 rings (SSSR count). The highest BCUT2D eigenvalue weighted by molar-refractivity contribution is 9.10. The lowest BCUT2D eigenvalue weighted by atomic mass is 10.2. The van der Waals surface area contributed by atoms with Crippen LogP contribution in [0.3, 0.4) is 0 Å². The van der Waals surface area contributed by atoms with Crippen molar-refractivity contribution in [2.45, 2.75) is 16.9 Å². The summed E-state index contributed by atoms with van der Waals surface area (Å²) in [5.41, 5.74) is 1.63. The zero-order valence-electron chi connectivity index (χ0n) is 14.4. The van der Waals surface area contributed by atoms with E-state index in [4.69, 9.17) is 4.42 Å². The van der Waals surface area contributed by atoms with E-state index in [-0.39, 0.29) is 5.57 Å². The predicted octanol–water partition coefficient (Wildman–Crippen LogP) is 6.05. The van der Waals surface area contributed by atoms with Crippen molar-refractivity contribution in [3.05, 3.63) is 82.0 Å². The van der Waals surface area contributed by atoms with Crippen molar-refractivity contribution in [3.8, 4) is 6.07 Å². The fraction of sp³-hybridized carbons (Fsp3) is 0.0476. The lowest BCUT2D eigenvalue weighted by Crippen LogP contribution is -2.13. The summed E-state index contributed by atoms with van der Waals surface area (Å²) in [7, 11) is 0. The zero-order chi connectivity index (χ0) is 19.2. The molecule has 1 aromatic heterocycles. The van der Waals surface area contributed by atoms with Gasteiger partial charge in [-0.25, -0.2) is 0 Å². The van der Waals surface area contributed by atoms with Gasteiger partial charge in [-0.05, 0) is 58.7 Å². The maximum absolute atomic E-state index is 12.4. The number of halogens is 1. The van der Waals surface area contributed by atoms with E-state index in [0.29, 0.717) is 16.5 Å². The molecule has 0 bridgehead atoms. The van der Waals surface area contributed by atoms with Crippen LogP contribution in [0.15, 0.2) is 85.1 Å². The molecule has 0 aliphatic heterocycles. The van der Waals surface area contributed by atoms with Gasteiger partial charge in [0.1, 0.15) is 17.4 Å². The zero-order valence-corrected chi connectivity index (χ0v) is 16.8. The van der Waals surface area contributed by atoms with Crippen LogP contribution in [0.1, 0.15) is 11.3 Å². The van der Waals surface area contributed by atoms with E-state index in [0.717, 1.165) is 14.9 Å². The van der Waals surface area contributed by atoms with Gasteiger partial charge in [-0.2, -0.15) is 5.26 Å². The second-order valence-corrected chi connectivity index (χ2v) is 7.59. The molecular formula is C21H15BrN2O2S. The van der Waals surface area contributed by atoms with Crippen LogP contribution < -0.4 is 5.32 Å². The van der Waals surface area contributed by atoms with Gasteiger partial charge in [-0.15, -0.1) is 0 Å². The molecule has 0 fully saturated rings. The van der Waals surface area contributed by atoms with E-state index in [2.05, 4.69) is 21.2 Å². The first-order valence-electron chi connectivity index (χ1n) is 8.07. The molecule has 1 heterocycles. The number of benzene rings is 2. The molecular weight excluding hydrogens is 424 g/mol. The van der Waals surface area contributed by atoms with Crippen LogP contribution >= 0.6 is 27.7 Å². The summed E-state index contributed by atoms with van der Waals surface area (Å²) < 4.78 is 6.54. The van der Waals surface area contributed by atoms with Crippen LogP contribution in [0.4, 0.5) is 5.69 Å². The van der Waals surface area contributed by atoms with Crippen molar-refractivity contribution in [3.63, 3.8) is 0 Å². The maximum atomic E-state index is 12.4. The molecule has 4 nitrogen and oxygen atoms in total. The van der Waals surface area contributed by atoms with E-state index in [1.54, 1.807) is 12.1 Å². The number of aryl methyl sites for hydroxylation is 1. The molecule has 6 heteroatoms. The molecule has 0 atom stereocenters. The number of hydrogen-bond donors (Lipinski definition) is 1. The number of nitriles is 1. The summed E-state index contributed by atoms with van der Waals surface area (Å²) in [6.45, 7) is 1.93. The normalized spacial score (nSPS) is 11.1. The van der Waals surface area contributed by atoms with Gasteiger partial charge >= 0.3 is 0 Å². The van der Waals surface area contributed by atoms with Gasteiger partial charge in [0.05, 0.1) is 4.47 Å². The molecule has 134 valence electrons. The van der Waals surface area contributed by atoms with E-state index in [1.165, 1.54) is 17.8 Å². The third-order valence-electron chi connectivity index (χ3n) is 3.56. The average Bonchev–Trinajstić information content (AvgIpc) is 2.99. The van der Waals surface area contributed by atoms with E-state index in [1.807, 2.05) is 61.5 Å². The van der Waals surface area contributed by atoms with Crippen LogP contribution in [0.25, 0.3) is 6.08 Å². The van der Waals surface area contributed by atoms with Gasteiger partial charge in [-0.3, -0.25) is 4.79 Å². The third kappa shape index (κ3) is 5.13. The van der Waals surface area contributed by atoms with Crippen LogP contribution in [-0.4, -0.2) is 5.91 Å². The molecule has 0 saturated heterocycles. The van der Waals surface area contributed by atoms with Gasteiger partial charge in [0.25, 0.3) is 5.91 Å². The first-order valence-corrected chi connectivity index (χ1v) is 9.68. The van der Waals surface area contributed by atoms with Gasteiger partial charge in [0, 0.05) is 16.7 Å². The summed E-state index contributed by atoms with van der Waals surface area (Å²) in [4.78, 5) is 13.4. The summed E-state index contributed by atoms with van der Waals surface area (Å²) in [6.07, 6.45) is 1.44. The quantitative estimate of drug-likeness (QED) is 0.388. The Bertz CT molecular complexity index is 1040. The van der Waals surface area contributed by atoms with Crippen LogP contribution in [0.2, 0.25) is 0 Å². The van der Waals surface area contributed by atoms with Gasteiger partial charge in [0.2, 0.25) is 0 Å². The lowest BCUT2D eigenvalue weighted by molar-refractivity contribution is -0.112. The summed E-state index contributed by atoms with van der Waals surface area (Å²) in [5.74, 6) is -0.0517. The van der Waals surface area contributed by atoms with E-state index in [9.17, 15) is 10.1 Å². The molecule has 27 heavy (non-hydrogen) atoms. The van der Waals surface area contributed by atoms with Crippen LogP contribution in [-0.2, 0) is 4.79 Å². The highest BCUT2D eigenvalue weighted by Gasteiger charge is 2.14. The highest BCUT2D eigenvalue weighted by atomic mass is 79.9. The van der Waals surface area contributed by atoms with Crippen molar-refractivity contribution in [2.24, 2.45) is 0 Å². The second-order valence-electron chi connectivity index (χ2n) is 5.69. The van der Waals surface area contributed by atoms with Crippen molar-refractivity contribution in [1.29, 1.82) is 5.26 Å². The fourth-order valence-corrected chi connectivity index (χ4v) is 3.67. The molecule has 0 saturated carbocycles. The Labute approximate surface area is 170 Å². The summed E-state index contributed by atoms with van der Waals surface area (Å²) in [6, 6.07) is 20.9. The number of carbonyl (C=O) groups is 1. The van der Waals surface area contributed by atoms with E-state index >= 15 is 0 Å². The number of anilines is 1. The summed E-state index contributed by atoms with van der Waals surface area (Å²) in [5, 5.41) is 12.7. The SMILES string of the molecule is Cc1cccc(NC(=O)/C(C#N)=C\c2cc(Br)c(Sc3ccccc3)o2)c1. The molecule has 0 radical (unpaired) electrons. The third-order valence-corrected chi connectivity index (χ3v) is 5.40. The number of nitrogens with one attached hydrogen (secondary N) is 1. The number of furan rings is 1. The molecule has 3 aromatic rings. The molecule has 0 spiro atoms. The fourth-order valence-electron chi connectivity index (χ4n) is 2.32. The van der Waals surface area contributed by atoms with E-state index < -0.39 is 5.91 Å². The Morgan fingerprint density at radius 2 is 1.96 bits per heavy atom. The molecule has 0 aliphatic carbocycles. The first kappa shape index (κ1) is 19.0. The minimum Gasteiger partial charge on any atom is -0.449 e. The maximum Gasteiger partial charge on any atom is 0.266 e. The minimum absolute atomic E-state index is 0.0333. The van der Waals surface area contributed by atoms with Gasteiger partial charge in [-0.1, -0.05) is 42.1 Å². The number of rotatable bonds is 5. The second kappa shape index (κ2) is 8.76. The standard InChI is InChI=1S/C21H15BrN2O2S/c1-14-6-5-7-16(10-14)24-20(25)15(13-23)11-17-12-19(22)21(26-17)27-18-8-3-2-4-9-18/h2-12H,1H3,(H,24,25)/b15-11-. The van der Waals surface area contributed by atoms with Crippen molar-refractivity contribution < 1.29 is 9.21 Å². The van der Waals surface area contributed by atoms with Crippen LogP contribution in [0, 0.1) is 18.3 Å². The number of hydrogen-bond acceptors (Lipinski definition) is 4. The lowest BCUT2D eigenvalue weighted by Gasteiger charge is -2.04. The smallest absolute Gasteiger partial charge is 0.266 e. The molecule has 1 amide bonds. The first-order chi connectivity index (χ1) is 13.0. The Balaban J connectivity index is 1.78. The predicted molar refractivity (Wildman–Crippen MR) is 110 cm³/mol.